The molecule has 0 unspecified atom stereocenters. The van der Waals surface area contributed by atoms with Gasteiger partial charge in [-0.25, -0.2) is 4.39 Å². The highest BCUT2D eigenvalue weighted by atomic mass is 79.9. The number of nitrogens with one attached hydrogen (secondary N) is 1. The summed E-state index contributed by atoms with van der Waals surface area (Å²) in [5.74, 6) is 1.28. The van der Waals surface area contributed by atoms with Crippen molar-refractivity contribution >= 4 is 21.6 Å². The summed E-state index contributed by atoms with van der Waals surface area (Å²) in [5, 5.41) is 3.21. The minimum absolute atomic E-state index is 0.205. The van der Waals surface area contributed by atoms with E-state index in [0.29, 0.717) is 25.3 Å². The van der Waals surface area contributed by atoms with Gasteiger partial charge in [0.15, 0.2) is 11.5 Å². The van der Waals surface area contributed by atoms with E-state index in [1.54, 1.807) is 13.0 Å². The molecule has 0 spiro atoms. The molecule has 1 N–H and O–H groups in total. The van der Waals surface area contributed by atoms with E-state index in [2.05, 4.69) is 21.2 Å². The first-order chi connectivity index (χ1) is 10.1. The number of fused-ring (bicyclic) bond motifs is 1. The van der Waals surface area contributed by atoms with Crippen molar-refractivity contribution in [1.29, 1.82) is 0 Å². The van der Waals surface area contributed by atoms with Crippen molar-refractivity contribution in [3.63, 3.8) is 0 Å². The van der Waals surface area contributed by atoms with Gasteiger partial charge in [0.25, 0.3) is 0 Å². The van der Waals surface area contributed by atoms with Crippen LogP contribution in [0.25, 0.3) is 0 Å². The van der Waals surface area contributed by atoms with Gasteiger partial charge in [-0.15, -0.1) is 0 Å². The Bertz CT molecular complexity index is 676. The molecule has 0 fully saturated rings. The molecular weight excluding hydrogens is 337 g/mol. The molecule has 0 amide bonds. The number of hydrogen-bond acceptors (Lipinski definition) is 3. The molecule has 5 heteroatoms. The van der Waals surface area contributed by atoms with Crippen LogP contribution < -0.4 is 14.8 Å². The number of rotatable bonds is 3. The summed E-state index contributed by atoms with van der Waals surface area (Å²) in [4.78, 5) is 0. The maximum atomic E-state index is 13.5. The molecule has 2 aromatic carbocycles. The summed E-state index contributed by atoms with van der Waals surface area (Å²) in [5.41, 5.74) is 2.43. The molecule has 2 aromatic rings. The lowest BCUT2D eigenvalue weighted by Crippen LogP contribution is -2.16. The highest BCUT2D eigenvalue weighted by Gasteiger charge is 2.16. The highest BCUT2D eigenvalue weighted by Crippen LogP contribution is 2.38. The zero-order valence-electron chi connectivity index (χ0n) is 11.6. The quantitative estimate of drug-likeness (QED) is 0.895. The second-order valence-corrected chi connectivity index (χ2v) is 5.77. The number of ether oxygens (including phenoxy) is 2. The van der Waals surface area contributed by atoms with Crippen LogP contribution in [0.4, 0.5) is 10.1 Å². The molecule has 1 heterocycles. The van der Waals surface area contributed by atoms with E-state index in [0.717, 1.165) is 27.2 Å². The Morgan fingerprint density at radius 3 is 2.81 bits per heavy atom. The van der Waals surface area contributed by atoms with Crippen LogP contribution in [-0.2, 0) is 6.54 Å². The number of benzene rings is 2. The zero-order valence-corrected chi connectivity index (χ0v) is 13.2. The molecule has 0 atom stereocenters. The van der Waals surface area contributed by atoms with Crippen LogP contribution in [-0.4, -0.2) is 13.2 Å². The summed E-state index contributed by atoms with van der Waals surface area (Å²) in [6, 6.07) is 9.05. The van der Waals surface area contributed by atoms with E-state index >= 15 is 0 Å². The molecule has 0 bridgehead atoms. The van der Waals surface area contributed by atoms with Crippen molar-refractivity contribution in [2.45, 2.75) is 13.5 Å². The van der Waals surface area contributed by atoms with E-state index in [-0.39, 0.29) is 5.82 Å². The molecule has 0 aromatic heterocycles. The minimum Gasteiger partial charge on any atom is -0.486 e. The summed E-state index contributed by atoms with van der Waals surface area (Å²) in [7, 11) is 0. The Kier molecular flexibility index (Phi) is 4.01. The molecule has 21 heavy (non-hydrogen) atoms. The van der Waals surface area contributed by atoms with E-state index in [1.165, 1.54) is 6.07 Å². The molecule has 1 aliphatic heterocycles. The topological polar surface area (TPSA) is 30.5 Å². The molecule has 0 radical (unpaired) electrons. The Morgan fingerprint density at radius 2 is 2.00 bits per heavy atom. The lowest BCUT2D eigenvalue weighted by Gasteiger charge is -2.20. The Balaban J connectivity index is 1.76. The van der Waals surface area contributed by atoms with Gasteiger partial charge in [-0.3, -0.25) is 0 Å². The summed E-state index contributed by atoms with van der Waals surface area (Å²) >= 11 is 3.49. The fraction of sp³-hybridized carbons (Fsp3) is 0.250. The third-order valence-electron chi connectivity index (χ3n) is 3.33. The fourth-order valence-corrected chi connectivity index (χ4v) is 2.78. The van der Waals surface area contributed by atoms with Crippen molar-refractivity contribution in [3.05, 3.63) is 51.7 Å². The smallest absolute Gasteiger partial charge is 0.175 e. The summed E-state index contributed by atoms with van der Waals surface area (Å²) in [6.07, 6.45) is 0. The maximum Gasteiger partial charge on any atom is 0.175 e. The molecule has 110 valence electrons. The first kappa shape index (κ1) is 14.2. The van der Waals surface area contributed by atoms with Gasteiger partial charge in [0.1, 0.15) is 19.0 Å². The van der Waals surface area contributed by atoms with E-state index in [4.69, 9.17) is 9.47 Å². The molecule has 1 aliphatic rings. The number of aryl methyl sites for hydroxylation is 1. The van der Waals surface area contributed by atoms with Crippen molar-refractivity contribution in [2.24, 2.45) is 0 Å². The SMILES string of the molecule is Cc1ccc(NCc2cc(Br)c3c(c2)OCCO3)cc1F. The van der Waals surface area contributed by atoms with Gasteiger partial charge in [-0.1, -0.05) is 6.07 Å². The summed E-state index contributed by atoms with van der Waals surface area (Å²) in [6.45, 7) is 3.44. The van der Waals surface area contributed by atoms with Crippen molar-refractivity contribution < 1.29 is 13.9 Å². The van der Waals surface area contributed by atoms with Gasteiger partial charge in [-0.05, 0) is 58.2 Å². The number of hydrogen-bond donors (Lipinski definition) is 1. The van der Waals surface area contributed by atoms with E-state index in [9.17, 15) is 4.39 Å². The molecular formula is C16H15BrFNO2. The fourth-order valence-electron chi connectivity index (χ4n) is 2.17. The van der Waals surface area contributed by atoms with Crippen LogP contribution in [0.15, 0.2) is 34.8 Å². The van der Waals surface area contributed by atoms with Crippen molar-refractivity contribution in [1.82, 2.24) is 0 Å². The average Bonchev–Trinajstić information content (AvgIpc) is 2.49. The van der Waals surface area contributed by atoms with Crippen molar-refractivity contribution in [2.75, 3.05) is 18.5 Å². The van der Waals surface area contributed by atoms with Gasteiger partial charge in [0, 0.05) is 12.2 Å². The molecule has 3 rings (SSSR count). The van der Waals surface area contributed by atoms with Crippen LogP contribution in [0.5, 0.6) is 11.5 Å². The average molecular weight is 352 g/mol. The number of halogens is 2. The second kappa shape index (κ2) is 5.93. The largest absolute Gasteiger partial charge is 0.486 e. The third kappa shape index (κ3) is 3.13. The number of anilines is 1. The molecule has 3 nitrogen and oxygen atoms in total. The van der Waals surface area contributed by atoms with Crippen molar-refractivity contribution in [3.8, 4) is 11.5 Å². The highest BCUT2D eigenvalue weighted by molar-refractivity contribution is 9.10. The zero-order chi connectivity index (χ0) is 14.8. The Hall–Kier alpha value is -1.75. The van der Waals surface area contributed by atoms with Gasteiger partial charge in [0.2, 0.25) is 0 Å². The normalized spacial score (nSPS) is 13.1. The van der Waals surface area contributed by atoms with Crippen LogP contribution in [0.3, 0.4) is 0 Å². The molecule has 0 saturated heterocycles. The van der Waals surface area contributed by atoms with Crippen LogP contribution >= 0.6 is 15.9 Å². The van der Waals surface area contributed by atoms with E-state index < -0.39 is 0 Å². The minimum atomic E-state index is -0.205. The van der Waals surface area contributed by atoms with Crippen LogP contribution in [0.2, 0.25) is 0 Å². The Morgan fingerprint density at radius 1 is 1.19 bits per heavy atom. The second-order valence-electron chi connectivity index (χ2n) is 4.92. The van der Waals surface area contributed by atoms with Crippen LogP contribution in [0.1, 0.15) is 11.1 Å². The van der Waals surface area contributed by atoms with Gasteiger partial charge >= 0.3 is 0 Å². The summed E-state index contributed by atoms with van der Waals surface area (Å²) < 4.78 is 25.5. The molecule has 0 aliphatic carbocycles. The predicted octanol–water partition coefficient (Wildman–Crippen LogP) is 4.28. The first-order valence-corrected chi connectivity index (χ1v) is 7.51. The molecule has 0 saturated carbocycles. The predicted molar refractivity (Wildman–Crippen MR) is 83.6 cm³/mol. The van der Waals surface area contributed by atoms with Crippen LogP contribution in [0, 0.1) is 12.7 Å². The maximum absolute atomic E-state index is 13.5. The van der Waals surface area contributed by atoms with E-state index in [1.807, 2.05) is 18.2 Å². The third-order valence-corrected chi connectivity index (χ3v) is 3.91. The standard InChI is InChI=1S/C16H15BrFNO2/c1-10-2-3-12(8-14(10)18)19-9-11-6-13(17)16-15(7-11)20-4-5-21-16/h2-3,6-8,19H,4-5,9H2,1H3. The Labute approximate surface area is 131 Å². The lowest BCUT2D eigenvalue weighted by molar-refractivity contribution is 0.170. The van der Waals surface area contributed by atoms with Gasteiger partial charge in [-0.2, -0.15) is 0 Å². The van der Waals surface area contributed by atoms with Gasteiger partial charge < -0.3 is 14.8 Å². The van der Waals surface area contributed by atoms with Gasteiger partial charge in [0.05, 0.1) is 4.47 Å². The monoisotopic (exact) mass is 351 g/mol. The first-order valence-electron chi connectivity index (χ1n) is 6.71. The lowest BCUT2D eigenvalue weighted by atomic mass is 10.1.